The smallest absolute Gasteiger partial charge is 0.271 e. The summed E-state index contributed by atoms with van der Waals surface area (Å²) in [6.45, 7) is -0.0325. The zero-order valence-corrected chi connectivity index (χ0v) is 17.0. The van der Waals surface area contributed by atoms with Gasteiger partial charge in [0.2, 0.25) is 0 Å². The highest BCUT2D eigenvalue weighted by atomic mass is 16.6. The molecule has 31 heavy (non-hydrogen) atoms. The predicted octanol–water partition coefficient (Wildman–Crippen LogP) is 3.19. The number of hydrogen-bond acceptors (Lipinski definition) is 6. The maximum absolute atomic E-state index is 12.0. The van der Waals surface area contributed by atoms with E-state index in [9.17, 15) is 19.7 Å². The number of rotatable bonds is 8. The number of hydrazone groups is 1. The Morgan fingerprint density at radius 2 is 1.74 bits per heavy atom. The standard InChI is InChI=1S/C22H24N4O5/c27-21(24-18-4-2-1-3-5-18)15-31-20-12-6-16(7-13-20)14-23-25-22(28)17-8-10-19(11-9-17)26(29)30/h6-14,18H,1-5,15H2,(H,24,27)(H,25,28)/b23-14-. The van der Waals surface area contributed by atoms with Gasteiger partial charge in [-0.1, -0.05) is 19.3 Å². The molecule has 1 fully saturated rings. The van der Waals surface area contributed by atoms with Gasteiger partial charge in [-0.25, -0.2) is 5.43 Å². The first-order valence-corrected chi connectivity index (χ1v) is 10.1. The summed E-state index contributed by atoms with van der Waals surface area (Å²) in [6.07, 6.45) is 7.06. The van der Waals surface area contributed by atoms with Crippen LogP contribution in [0.1, 0.15) is 48.0 Å². The summed E-state index contributed by atoms with van der Waals surface area (Å²) < 4.78 is 5.52. The van der Waals surface area contributed by atoms with E-state index in [4.69, 9.17) is 4.74 Å². The molecule has 0 radical (unpaired) electrons. The number of ether oxygens (including phenoxy) is 1. The number of hydrogen-bond donors (Lipinski definition) is 2. The van der Waals surface area contributed by atoms with Gasteiger partial charge in [0.15, 0.2) is 6.61 Å². The summed E-state index contributed by atoms with van der Waals surface area (Å²) in [6, 6.07) is 12.4. The maximum Gasteiger partial charge on any atom is 0.271 e. The van der Waals surface area contributed by atoms with Gasteiger partial charge in [-0.3, -0.25) is 19.7 Å². The van der Waals surface area contributed by atoms with Gasteiger partial charge in [0.25, 0.3) is 17.5 Å². The second kappa shape index (κ2) is 10.9. The first kappa shape index (κ1) is 21.9. The number of nitro groups is 1. The van der Waals surface area contributed by atoms with Crippen LogP contribution in [0.3, 0.4) is 0 Å². The van der Waals surface area contributed by atoms with Crippen LogP contribution >= 0.6 is 0 Å². The van der Waals surface area contributed by atoms with Crippen molar-refractivity contribution in [3.63, 3.8) is 0 Å². The molecule has 0 atom stereocenters. The highest BCUT2D eigenvalue weighted by Gasteiger charge is 2.15. The summed E-state index contributed by atoms with van der Waals surface area (Å²) >= 11 is 0. The number of nitrogens with one attached hydrogen (secondary N) is 2. The molecule has 2 aromatic rings. The quantitative estimate of drug-likeness (QED) is 0.383. The van der Waals surface area contributed by atoms with Crippen molar-refractivity contribution in [1.82, 2.24) is 10.7 Å². The first-order chi connectivity index (χ1) is 15.0. The maximum atomic E-state index is 12.0. The molecule has 2 N–H and O–H groups in total. The first-order valence-electron chi connectivity index (χ1n) is 10.1. The number of nitrogens with zero attached hydrogens (tertiary/aromatic N) is 2. The lowest BCUT2D eigenvalue weighted by atomic mass is 9.95. The molecule has 162 valence electrons. The van der Waals surface area contributed by atoms with E-state index < -0.39 is 10.8 Å². The number of amides is 2. The summed E-state index contributed by atoms with van der Waals surface area (Å²) in [7, 11) is 0. The van der Waals surface area contributed by atoms with Crippen LogP contribution in [0.2, 0.25) is 0 Å². The molecule has 2 aromatic carbocycles. The fourth-order valence-electron chi connectivity index (χ4n) is 3.28. The Labute approximate surface area is 179 Å². The van der Waals surface area contributed by atoms with E-state index in [0.29, 0.717) is 5.75 Å². The number of carbonyl (C=O) groups is 2. The molecule has 0 saturated heterocycles. The fourth-order valence-corrected chi connectivity index (χ4v) is 3.28. The molecular formula is C22H24N4O5. The van der Waals surface area contributed by atoms with Crippen molar-refractivity contribution < 1.29 is 19.2 Å². The highest BCUT2D eigenvalue weighted by molar-refractivity contribution is 5.95. The van der Waals surface area contributed by atoms with Crippen LogP contribution in [-0.2, 0) is 4.79 Å². The molecule has 9 nitrogen and oxygen atoms in total. The SMILES string of the molecule is O=C(COc1ccc(/C=N\NC(=O)c2ccc([N+](=O)[O-])cc2)cc1)NC1CCCCC1. The van der Waals surface area contributed by atoms with Gasteiger partial charge in [0.1, 0.15) is 5.75 Å². The average molecular weight is 424 g/mol. The number of carbonyl (C=O) groups excluding carboxylic acids is 2. The predicted molar refractivity (Wildman–Crippen MR) is 115 cm³/mol. The van der Waals surface area contributed by atoms with Crippen molar-refractivity contribution in [2.45, 2.75) is 38.1 Å². The van der Waals surface area contributed by atoms with Crippen molar-refractivity contribution in [2.75, 3.05) is 6.61 Å². The zero-order chi connectivity index (χ0) is 22.1. The van der Waals surface area contributed by atoms with Gasteiger partial charge in [0.05, 0.1) is 11.1 Å². The molecule has 3 rings (SSSR count). The van der Waals surface area contributed by atoms with Gasteiger partial charge in [-0.15, -0.1) is 0 Å². The van der Waals surface area contributed by atoms with E-state index in [2.05, 4.69) is 15.8 Å². The summed E-state index contributed by atoms with van der Waals surface area (Å²) in [4.78, 5) is 34.1. The minimum absolute atomic E-state index is 0.0325. The van der Waals surface area contributed by atoms with Crippen LogP contribution in [0.25, 0.3) is 0 Å². The molecule has 0 aromatic heterocycles. The Morgan fingerprint density at radius 3 is 2.39 bits per heavy atom. The van der Waals surface area contributed by atoms with Crippen LogP contribution in [0.4, 0.5) is 5.69 Å². The Hall–Kier alpha value is -3.75. The van der Waals surface area contributed by atoms with Crippen LogP contribution in [0, 0.1) is 10.1 Å². The Bertz CT molecular complexity index is 935. The van der Waals surface area contributed by atoms with Crippen molar-refractivity contribution in [3.8, 4) is 5.75 Å². The molecule has 0 heterocycles. The second-order valence-electron chi connectivity index (χ2n) is 7.26. The van der Waals surface area contributed by atoms with E-state index in [1.165, 1.54) is 36.9 Å². The van der Waals surface area contributed by atoms with Crippen molar-refractivity contribution in [3.05, 3.63) is 69.8 Å². The van der Waals surface area contributed by atoms with Gasteiger partial charge in [-0.05, 0) is 54.8 Å². The van der Waals surface area contributed by atoms with Crippen LogP contribution in [-0.4, -0.2) is 35.6 Å². The van der Waals surface area contributed by atoms with Gasteiger partial charge >= 0.3 is 0 Å². The molecule has 0 unspecified atom stereocenters. The Kier molecular flexibility index (Phi) is 7.69. The lowest BCUT2D eigenvalue weighted by Gasteiger charge is -2.22. The zero-order valence-electron chi connectivity index (χ0n) is 17.0. The third-order valence-corrected chi connectivity index (χ3v) is 4.94. The van der Waals surface area contributed by atoms with Crippen molar-refractivity contribution in [1.29, 1.82) is 0 Å². The topological polar surface area (TPSA) is 123 Å². The number of benzene rings is 2. The molecule has 2 amide bonds. The van der Waals surface area contributed by atoms with E-state index in [0.717, 1.165) is 31.2 Å². The summed E-state index contributed by atoms with van der Waals surface area (Å²) in [5, 5.41) is 17.5. The van der Waals surface area contributed by atoms with Gasteiger partial charge in [0, 0.05) is 23.7 Å². The van der Waals surface area contributed by atoms with Crippen molar-refractivity contribution >= 4 is 23.7 Å². The third kappa shape index (κ3) is 6.91. The van der Waals surface area contributed by atoms with E-state index in [1.54, 1.807) is 24.3 Å². The van der Waals surface area contributed by atoms with E-state index in [1.807, 2.05) is 0 Å². The van der Waals surface area contributed by atoms with Crippen LogP contribution in [0.5, 0.6) is 5.75 Å². The lowest BCUT2D eigenvalue weighted by molar-refractivity contribution is -0.384. The minimum atomic E-state index is -0.531. The third-order valence-electron chi connectivity index (χ3n) is 4.94. The largest absolute Gasteiger partial charge is 0.484 e. The molecular weight excluding hydrogens is 400 g/mol. The molecule has 1 saturated carbocycles. The Morgan fingerprint density at radius 1 is 1.06 bits per heavy atom. The second-order valence-corrected chi connectivity index (χ2v) is 7.26. The minimum Gasteiger partial charge on any atom is -0.484 e. The van der Waals surface area contributed by atoms with E-state index in [-0.39, 0.29) is 29.8 Å². The fraction of sp³-hybridized carbons (Fsp3) is 0.318. The molecule has 1 aliphatic rings. The average Bonchev–Trinajstić information content (AvgIpc) is 2.79. The molecule has 9 heteroatoms. The number of nitro benzene ring substituents is 1. The lowest BCUT2D eigenvalue weighted by Crippen LogP contribution is -2.38. The molecule has 0 bridgehead atoms. The summed E-state index contributed by atoms with van der Waals surface area (Å²) in [5.41, 5.74) is 3.26. The molecule has 0 aliphatic heterocycles. The monoisotopic (exact) mass is 424 g/mol. The Balaban J connectivity index is 1.43. The van der Waals surface area contributed by atoms with Crippen molar-refractivity contribution in [2.24, 2.45) is 5.10 Å². The van der Waals surface area contributed by atoms with Crippen LogP contribution in [0.15, 0.2) is 53.6 Å². The van der Waals surface area contributed by atoms with Gasteiger partial charge < -0.3 is 10.1 Å². The van der Waals surface area contributed by atoms with Crippen LogP contribution < -0.4 is 15.5 Å². The molecule has 0 spiro atoms. The normalized spacial score (nSPS) is 14.2. The highest BCUT2D eigenvalue weighted by Crippen LogP contribution is 2.17. The van der Waals surface area contributed by atoms with Gasteiger partial charge in [-0.2, -0.15) is 5.10 Å². The summed E-state index contributed by atoms with van der Waals surface area (Å²) in [5.74, 6) is -0.0348. The van der Waals surface area contributed by atoms with E-state index >= 15 is 0 Å². The molecule has 1 aliphatic carbocycles. The number of non-ortho nitro benzene ring substituents is 1.